The summed E-state index contributed by atoms with van der Waals surface area (Å²) in [4.78, 5) is 8.00. The third-order valence-corrected chi connectivity index (χ3v) is 3.97. The number of aliphatic hydroxyl groups excluding tert-OH is 2. The third kappa shape index (κ3) is 5.71. The molecule has 1 aliphatic rings. The lowest BCUT2D eigenvalue weighted by atomic mass is 9.86. The third-order valence-electron chi connectivity index (χ3n) is 3.97. The number of allylic oxidation sites excluding steroid dienone is 1. The van der Waals surface area contributed by atoms with Crippen LogP contribution in [0.3, 0.4) is 0 Å². The predicted octanol–water partition coefficient (Wildman–Crippen LogP) is 4.22. The summed E-state index contributed by atoms with van der Waals surface area (Å²) in [7, 11) is 1.00. The minimum atomic E-state index is 0.0145. The minimum Gasteiger partial charge on any atom is -0.481 e. The number of carbonyl (C=O) groups is 1. The second-order valence-corrected chi connectivity index (χ2v) is 6.09. The fraction of sp³-hybridized carbons (Fsp3) is 0.526. The van der Waals surface area contributed by atoms with Gasteiger partial charge in [0, 0.05) is 7.11 Å². The standard InChI is InChI=1S/C17H24O2.CH4O.CH2O/c1-5-6-7-16(18)19-15-11-14-13(10-12(15)2)8-9-17(14,3)4;2*1-2/h7,10-11,18H,5-6,8-9H2,1-4H3;2H,1H3;1H2/b16-7+;;. The molecule has 0 fully saturated rings. The zero-order valence-electron chi connectivity index (χ0n) is 15.0. The van der Waals surface area contributed by atoms with Gasteiger partial charge in [-0.15, -0.1) is 0 Å². The minimum absolute atomic E-state index is 0.0145. The van der Waals surface area contributed by atoms with Crippen LogP contribution in [0.2, 0.25) is 0 Å². The van der Waals surface area contributed by atoms with E-state index in [0.717, 1.165) is 37.7 Å². The van der Waals surface area contributed by atoms with Gasteiger partial charge in [0.15, 0.2) is 0 Å². The van der Waals surface area contributed by atoms with E-state index in [4.69, 9.17) is 14.6 Å². The lowest BCUT2D eigenvalue weighted by Crippen LogP contribution is -2.12. The molecule has 0 amide bonds. The van der Waals surface area contributed by atoms with Crippen LogP contribution in [0.5, 0.6) is 5.75 Å². The molecule has 2 rings (SSSR count). The molecule has 0 radical (unpaired) electrons. The Bertz CT molecular complexity index is 518. The maximum absolute atomic E-state index is 9.78. The van der Waals surface area contributed by atoms with Crippen molar-refractivity contribution >= 4 is 6.79 Å². The molecule has 0 heterocycles. The van der Waals surface area contributed by atoms with Gasteiger partial charge >= 0.3 is 0 Å². The molecular formula is C19H30O4. The van der Waals surface area contributed by atoms with Gasteiger partial charge < -0.3 is 19.7 Å². The van der Waals surface area contributed by atoms with Crippen molar-refractivity contribution in [1.29, 1.82) is 0 Å². The first-order valence-electron chi connectivity index (χ1n) is 7.88. The van der Waals surface area contributed by atoms with E-state index in [9.17, 15) is 5.11 Å². The van der Waals surface area contributed by atoms with Gasteiger partial charge in [0.2, 0.25) is 0 Å². The molecule has 0 bridgehead atoms. The van der Waals surface area contributed by atoms with E-state index >= 15 is 0 Å². The van der Waals surface area contributed by atoms with E-state index in [2.05, 4.69) is 32.9 Å². The summed E-state index contributed by atoms with van der Waals surface area (Å²) in [5.74, 6) is 0.791. The Labute approximate surface area is 139 Å². The van der Waals surface area contributed by atoms with Crippen LogP contribution in [-0.2, 0) is 16.6 Å². The lowest BCUT2D eigenvalue weighted by Gasteiger charge is -2.20. The van der Waals surface area contributed by atoms with Crippen LogP contribution in [0.4, 0.5) is 0 Å². The molecular weight excluding hydrogens is 292 g/mol. The smallest absolute Gasteiger partial charge is 0.277 e. The van der Waals surface area contributed by atoms with Crippen molar-refractivity contribution in [2.24, 2.45) is 0 Å². The van der Waals surface area contributed by atoms with Gasteiger partial charge in [0.25, 0.3) is 5.95 Å². The highest BCUT2D eigenvalue weighted by Gasteiger charge is 2.30. The van der Waals surface area contributed by atoms with Crippen molar-refractivity contribution in [3.05, 3.63) is 40.8 Å². The Morgan fingerprint density at radius 1 is 1.35 bits per heavy atom. The molecule has 0 aliphatic heterocycles. The second-order valence-electron chi connectivity index (χ2n) is 6.09. The molecule has 2 N–H and O–H groups in total. The molecule has 4 heteroatoms. The van der Waals surface area contributed by atoms with Crippen LogP contribution in [0.15, 0.2) is 24.2 Å². The summed E-state index contributed by atoms with van der Waals surface area (Å²) in [5, 5.41) is 16.8. The van der Waals surface area contributed by atoms with Crippen LogP contribution in [0, 0.1) is 6.92 Å². The van der Waals surface area contributed by atoms with Gasteiger partial charge in [-0.1, -0.05) is 33.3 Å². The average molecular weight is 322 g/mol. The van der Waals surface area contributed by atoms with E-state index in [-0.39, 0.29) is 11.4 Å². The molecule has 1 aliphatic carbocycles. The second kappa shape index (κ2) is 10.1. The molecule has 0 atom stereocenters. The number of fused-ring (bicyclic) bond motifs is 1. The quantitative estimate of drug-likeness (QED) is 0.814. The maximum atomic E-state index is 9.78. The van der Waals surface area contributed by atoms with Gasteiger partial charge in [-0.25, -0.2) is 0 Å². The summed E-state index contributed by atoms with van der Waals surface area (Å²) in [6, 6.07) is 4.31. The SMILES string of the molecule is C=O.CCC/C=C(\O)Oc1cc2c(cc1C)CCC2(C)C.CO. The molecule has 0 saturated carbocycles. The fourth-order valence-electron chi connectivity index (χ4n) is 2.70. The van der Waals surface area contributed by atoms with Crippen molar-refractivity contribution in [2.75, 3.05) is 7.11 Å². The zero-order valence-corrected chi connectivity index (χ0v) is 15.0. The largest absolute Gasteiger partial charge is 0.481 e. The van der Waals surface area contributed by atoms with Crippen LogP contribution in [0.25, 0.3) is 0 Å². The number of unbranched alkanes of at least 4 members (excludes halogenated alkanes) is 1. The van der Waals surface area contributed by atoms with Crippen molar-refractivity contribution in [2.45, 2.75) is 58.8 Å². The molecule has 0 saturated heterocycles. The molecule has 23 heavy (non-hydrogen) atoms. The average Bonchev–Trinajstić information content (AvgIpc) is 2.84. The molecule has 1 aromatic carbocycles. The number of aliphatic hydroxyl groups is 2. The van der Waals surface area contributed by atoms with E-state index in [0.29, 0.717) is 0 Å². The van der Waals surface area contributed by atoms with E-state index in [1.807, 2.05) is 13.7 Å². The Morgan fingerprint density at radius 2 is 1.96 bits per heavy atom. The summed E-state index contributed by atoms with van der Waals surface area (Å²) in [6.45, 7) is 10.6. The first-order valence-corrected chi connectivity index (χ1v) is 7.88. The van der Waals surface area contributed by atoms with Crippen LogP contribution >= 0.6 is 0 Å². The Balaban J connectivity index is 0.00000112. The Kier molecular flexibility index (Phi) is 9.27. The van der Waals surface area contributed by atoms with Crippen molar-refractivity contribution in [3.63, 3.8) is 0 Å². The molecule has 0 unspecified atom stereocenters. The van der Waals surface area contributed by atoms with Gasteiger partial charge in [-0.3, -0.25) is 0 Å². The predicted molar refractivity (Wildman–Crippen MR) is 94.0 cm³/mol. The number of hydrogen-bond donors (Lipinski definition) is 2. The summed E-state index contributed by atoms with van der Waals surface area (Å²) >= 11 is 0. The highest BCUT2D eigenvalue weighted by atomic mass is 16.6. The lowest BCUT2D eigenvalue weighted by molar-refractivity contribution is -0.0979. The van der Waals surface area contributed by atoms with Gasteiger partial charge in [-0.2, -0.15) is 0 Å². The summed E-state index contributed by atoms with van der Waals surface area (Å²) in [5.41, 5.74) is 4.08. The summed E-state index contributed by atoms with van der Waals surface area (Å²) in [6.07, 6.45) is 5.90. The first-order chi connectivity index (χ1) is 10.9. The molecule has 0 aromatic heterocycles. The molecule has 4 nitrogen and oxygen atoms in total. The van der Waals surface area contributed by atoms with Crippen LogP contribution < -0.4 is 4.74 Å². The number of carbonyl (C=O) groups excluding carboxylic acids is 1. The van der Waals surface area contributed by atoms with E-state index < -0.39 is 0 Å². The zero-order chi connectivity index (χ0) is 18.0. The normalized spacial score (nSPS) is 14.8. The van der Waals surface area contributed by atoms with E-state index in [1.54, 1.807) is 6.08 Å². The van der Waals surface area contributed by atoms with Crippen molar-refractivity contribution in [1.82, 2.24) is 0 Å². The highest BCUT2D eigenvalue weighted by Crippen LogP contribution is 2.41. The first kappa shape index (κ1) is 21.2. The van der Waals surface area contributed by atoms with Gasteiger partial charge in [0.1, 0.15) is 12.5 Å². The van der Waals surface area contributed by atoms with Crippen molar-refractivity contribution < 1.29 is 19.7 Å². The maximum Gasteiger partial charge on any atom is 0.277 e. The number of benzene rings is 1. The molecule has 1 aromatic rings. The van der Waals surface area contributed by atoms with E-state index in [1.165, 1.54) is 17.5 Å². The topological polar surface area (TPSA) is 66.8 Å². The highest BCUT2D eigenvalue weighted by molar-refractivity contribution is 5.48. The number of hydrogen-bond acceptors (Lipinski definition) is 4. The number of rotatable bonds is 4. The Hall–Kier alpha value is -1.81. The molecule has 0 spiro atoms. The van der Waals surface area contributed by atoms with Crippen LogP contribution in [-0.4, -0.2) is 24.1 Å². The monoisotopic (exact) mass is 322 g/mol. The fourth-order valence-corrected chi connectivity index (χ4v) is 2.70. The number of aryl methyl sites for hydroxylation is 2. The molecule has 130 valence electrons. The van der Waals surface area contributed by atoms with Crippen molar-refractivity contribution in [3.8, 4) is 5.75 Å². The Morgan fingerprint density at radius 3 is 2.52 bits per heavy atom. The van der Waals surface area contributed by atoms with Gasteiger partial charge in [0.05, 0.1) is 0 Å². The van der Waals surface area contributed by atoms with Gasteiger partial charge in [-0.05, 0) is 60.4 Å². The summed E-state index contributed by atoms with van der Waals surface area (Å²) < 4.78 is 5.58. The number of ether oxygens (including phenoxy) is 1. The van der Waals surface area contributed by atoms with Crippen LogP contribution in [0.1, 0.15) is 56.7 Å².